The molecule has 4 aromatic rings. The fourth-order valence-electron chi connectivity index (χ4n) is 2.96. The zero-order valence-electron chi connectivity index (χ0n) is 12.5. The molecule has 0 aliphatic carbocycles. The van der Waals surface area contributed by atoms with E-state index in [1.54, 1.807) is 30.3 Å². The lowest BCUT2D eigenvalue weighted by Gasteiger charge is -2.08. The van der Waals surface area contributed by atoms with Gasteiger partial charge in [-0.05, 0) is 29.0 Å². The molecule has 0 aliphatic heterocycles. The smallest absolute Gasteiger partial charge is 0.344 e. The molecule has 0 radical (unpaired) electrons. The summed E-state index contributed by atoms with van der Waals surface area (Å²) >= 11 is 0. The molecular formula is C20H12O4. The fraction of sp³-hybridized carbons (Fsp3) is 0. The molecule has 0 fully saturated rings. The van der Waals surface area contributed by atoms with E-state index in [-0.39, 0.29) is 11.1 Å². The highest BCUT2D eigenvalue weighted by molar-refractivity contribution is 6.07. The average molecular weight is 316 g/mol. The molecule has 4 rings (SSSR count). The molecule has 1 aromatic heterocycles. The first kappa shape index (κ1) is 14.2. The van der Waals surface area contributed by atoms with Crippen molar-refractivity contribution in [2.75, 3.05) is 0 Å². The Balaban J connectivity index is 2.10. The van der Waals surface area contributed by atoms with E-state index < -0.39 is 11.6 Å². The lowest BCUT2D eigenvalue weighted by atomic mass is 9.98. The number of carboxylic acids is 1. The van der Waals surface area contributed by atoms with Crippen molar-refractivity contribution in [1.29, 1.82) is 0 Å². The Labute approximate surface area is 136 Å². The largest absolute Gasteiger partial charge is 0.478 e. The first-order valence-electron chi connectivity index (χ1n) is 7.43. The topological polar surface area (TPSA) is 67.5 Å². The van der Waals surface area contributed by atoms with E-state index in [1.807, 2.05) is 30.3 Å². The van der Waals surface area contributed by atoms with Gasteiger partial charge in [0.05, 0.1) is 11.1 Å². The van der Waals surface area contributed by atoms with E-state index in [1.165, 1.54) is 6.07 Å². The maximum atomic E-state index is 12.4. The summed E-state index contributed by atoms with van der Waals surface area (Å²) in [7, 11) is 0. The Morgan fingerprint density at radius 3 is 2.42 bits per heavy atom. The van der Waals surface area contributed by atoms with Gasteiger partial charge in [-0.3, -0.25) is 0 Å². The van der Waals surface area contributed by atoms with Crippen molar-refractivity contribution in [3.05, 3.63) is 82.7 Å². The minimum absolute atomic E-state index is 0.0735. The number of hydrogen-bond donors (Lipinski definition) is 1. The summed E-state index contributed by atoms with van der Waals surface area (Å²) in [5.41, 5.74) is 0.608. The predicted octanol–water partition coefficient (Wildman–Crippen LogP) is 4.31. The molecule has 0 spiro atoms. The molecule has 1 heterocycles. The zero-order chi connectivity index (χ0) is 16.7. The van der Waals surface area contributed by atoms with Gasteiger partial charge in [0.15, 0.2) is 0 Å². The maximum absolute atomic E-state index is 12.4. The molecule has 0 saturated heterocycles. The molecule has 1 N–H and O–H groups in total. The molecule has 0 saturated carbocycles. The number of rotatable bonds is 2. The second-order valence-corrected chi connectivity index (χ2v) is 5.50. The lowest BCUT2D eigenvalue weighted by molar-refractivity contribution is 0.0697. The molecular weight excluding hydrogens is 304 g/mol. The molecule has 24 heavy (non-hydrogen) atoms. The second kappa shape index (κ2) is 5.35. The number of hydrogen-bond acceptors (Lipinski definition) is 3. The van der Waals surface area contributed by atoms with Gasteiger partial charge in [0.25, 0.3) is 0 Å². The van der Waals surface area contributed by atoms with Crippen LogP contribution < -0.4 is 5.63 Å². The zero-order valence-corrected chi connectivity index (χ0v) is 12.5. The van der Waals surface area contributed by atoms with Gasteiger partial charge in [-0.15, -0.1) is 0 Å². The number of carbonyl (C=O) groups is 1. The van der Waals surface area contributed by atoms with Gasteiger partial charge in [0, 0.05) is 10.9 Å². The second-order valence-electron chi connectivity index (χ2n) is 5.50. The quantitative estimate of drug-likeness (QED) is 0.442. The number of aromatic carboxylic acids is 1. The first-order chi connectivity index (χ1) is 11.6. The standard InChI is InChI=1S/C20H12O4/c21-19(22)15-8-4-3-7-14(15)17-11-16-13-6-2-1-5-12(13)9-10-18(16)24-20(17)23/h1-11H,(H,21,22). The van der Waals surface area contributed by atoms with E-state index in [0.29, 0.717) is 11.1 Å². The highest BCUT2D eigenvalue weighted by Crippen LogP contribution is 2.29. The molecule has 0 unspecified atom stereocenters. The van der Waals surface area contributed by atoms with Crippen molar-refractivity contribution in [3.8, 4) is 11.1 Å². The van der Waals surface area contributed by atoms with Crippen molar-refractivity contribution in [3.63, 3.8) is 0 Å². The highest BCUT2D eigenvalue weighted by Gasteiger charge is 2.16. The number of carboxylic acid groups (broad SMARTS) is 1. The minimum Gasteiger partial charge on any atom is -0.478 e. The van der Waals surface area contributed by atoms with Crippen molar-refractivity contribution >= 4 is 27.7 Å². The molecule has 4 heteroatoms. The Bertz CT molecular complexity index is 1160. The Morgan fingerprint density at radius 1 is 0.833 bits per heavy atom. The van der Waals surface area contributed by atoms with Gasteiger partial charge in [0.2, 0.25) is 0 Å². The Hall–Kier alpha value is -3.40. The van der Waals surface area contributed by atoms with Crippen LogP contribution in [0.2, 0.25) is 0 Å². The number of fused-ring (bicyclic) bond motifs is 3. The minimum atomic E-state index is -1.08. The summed E-state index contributed by atoms with van der Waals surface area (Å²) in [5, 5.41) is 12.1. The molecule has 0 atom stereocenters. The van der Waals surface area contributed by atoms with E-state index in [0.717, 1.165) is 16.2 Å². The van der Waals surface area contributed by atoms with E-state index >= 15 is 0 Å². The van der Waals surface area contributed by atoms with Crippen LogP contribution in [0, 0.1) is 0 Å². The molecule has 0 amide bonds. The molecule has 0 bridgehead atoms. The SMILES string of the molecule is O=C(O)c1ccccc1-c1cc2c(ccc3ccccc32)oc1=O. The summed E-state index contributed by atoms with van der Waals surface area (Å²) in [6.45, 7) is 0. The lowest BCUT2D eigenvalue weighted by Crippen LogP contribution is -2.07. The van der Waals surface area contributed by atoms with E-state index in [9.17, 15) is 14.7 Å². The Morgan fingerprint density at radius 2 is 1.58 bits per heavy atom. The fourth-order valence-corrected chi connectivity index (χ4v) is 2.96. The van der Waals surface area contributed by atoms with Crippen LogP contribution in [0.4, 0.5) is 0 Å². The third-order valence-electron chi connectivity index (χ3n) is 4.09. The van der Waals surface area contributed by atoms with Crippen molar-refractivity contribution in [1.82, 2.24) is 0 Å². The van der Waals surface area contributed by atoms with E-state index in [4.69, 9.17) is 4.42 Å². The third-order valence-corrected chi connectivity index (χ3v) is 4.09. The van der Waals surface area contributed by atoms with Crippen molar-refractivity contribution < 1.29 is 14.3 Å². The maximum Gasteiger partial charge on any atom is 0.344 e. The van der Waals surface area contributed by atoms with Crippen LogP contribution in [0.15, 0.2) is 75.9 Å². The van der Waals surface area contributed by atoms with Crippen LogP contribution in [0.25, 0.3) is 32.9 Å². The van der Waals surface area contributed by atoms with Crippen LogP contribution in [0.1, 0.15) is 10.4 Å². The van der Waals surface area contributed by atoms with Crippen LogP contribution in [0.5, 0.6) is 0 Å². The summed E-state index contributed by atoms with van der Waals surface area (Å²) in [5.74, 6) is -1.08. The third kappa shape index (κ3) is 2.16. The van der Waals surface area contributed by atoms with Crippen LogP contribution in [-0.4, -0.2) is 11.1 Å². The predicted molar refractivity (Wildman–Crippen MR) is 92.4 cm³/mol. The van der Waals surface area contributed by atoms with E-state index in [2.05, 4.69) is 0 Å². The first-order valence-corrected chi connectivity index (χ1v) is 7.43. The van der Waals surface area contributed by atoms with Crippen LogP contribution in [-0.2, 0) is 0 Å². The summed E-state index contributed by atoms with van der Waals surface area (Å²) in [6, 6.07) is 19.6. The Kier molecular flexibility index (Phi) is 3.17. The average Bonchev–Trinajstić information content (AvgIpc) is 2.61. The summed E-state index contributed by atoms with van der Waals surface area (Å²) < 4.78 is 5.44. The van der Waals surface area contributed by atoms with Gasteiger partial charge in [-0.2, -0.15) is 0 Å². The molecule has 3 aromatic carbocycles. The number of benzene rings is 3. The van der Waals surface area contributed by atoms with Gasteiger partial charge in [-0.1, -0.05) is 48.5 Å². The van der Waals surface area contributed by atoms with Gasteiger partial charge in [-0.25, -0.2) is 9.59 Å². The highest BCUT2D eigenvalue weighted by atomic mass is 16.4. The summed E-state index contributed by atoms with van der Waals surface area (Å²) in [6.07, 6.45) is 0. The van der Waals surface area contributed by atoms with Crippen LogP contribution >= 0.6 is 0 Å². The normalized spacial score (nSPS) is 11.0. The van der Waals surface area contributed by atoms with Crippen molar-refractivity contribution in [2.24, 2.45) is 0 Å². The monoisotopic (exact) mass is 316 g/mol. The van der Waals surface area contributed by atoms with Gasteiger partial charge < -0.3 is 9.52 Å². The molecule has 0 aliphatic rings. The van der Waals surface area contributed by atoms with Gasteiger partial charge in [0.1, 0.15) is 5.58 Å². The van der Waals surface area contributed by atoms with Crippen LogP contribution in [0.3, 0.4) is 0 Å². The summed E-state index contributed by atoms with van der Waals surface area (Å²) in [4.78, 5) is 23.8. The molecule has 116 valence electrons. The van der Waals surface area contributed by atoms with Crippen molar-refractivity contribution in [2.45, 2.75) is 0 Å². The van der Waals surface area contributed by atoms with Gasteiger partial charge >= 0.3 is 11.6 Å². The molecule has 4 nitrogen and oxygen atoms in total.